The quantitative estimate of drug-likeness (QED) is 0.915. The number of hydrogen-bond acceptors (Lipinski definition) is 4. The Morgan fingerprint density at radius 1 is 1.05 bits per heavy atom. The van der Waals surface area contributed by atoms with Crippen LogP contribution in [0.5, 0.6) is 0 Å². The molecule has 0 amide bonds. The van der Waals surface area contributed by atoms with E-state index in [1.165, 1.54) is 5.69 Å². The lowest BCUT2D eigenvalue weighted by Crippen LogP contribution is -2.36. The molecule has 2 heterocycles. The van der Waals surface area contributed by atoms with E-state index in [4.69, 9.17) is 9.15 Å². The van der Waals surface area contributed by atoms with E-state index < -0.39 is 0 Å². The smallest absolute Gasteiger partial charge is 0.123 e. The first kappa shape index (κ1) is 14.0. The number of nitrogens with one attached hydrogen (secondary N) is 1. The van der Waals surface area contributed by atoms with E-state index in [1.807, 2.05) is 12.1 Å². The van der Waals surface area contributed by atoms with Gasteiger partial charge in [-0.05, 0) is 24.3 Å². The molecular formula is C17H22N2O2. The molecule has 0 bridgehead atoms. The van der Waals surface area contributed by atoms with Crippen molar-refractivity contribution in [2.75, 3.05) is 36.5 Å². The summed E-state index contributed by atoms with van der Waals surface area (Å²) in [4.78, 5) is 2.37. The molecule has 0 atom stereocenters. The minimum absolute atomic E-state index is 0.710. The van der Waals surface area contributed by atoms with Crippen molar-refractivity contribution in [3.63, 3.8) is 0 Å². The van der Waals surface area contributed by atoms with Gasteiger partial charge in [-0.1, -0.05) is 19.1 Å². The second-order valence-corrected chi connectivity index (χ2v) is 5.19. The number of anilines is 2. The lowest BCUT2D eigenvalue weighted by molar-refractivity contribution is 0.123. The van der Waals surface area contributed by atoms with Crippen LogP contribution in [0.25, 0.3) is 0 Å². The molecule has 2 aromatic rings. The number of ether oxygens (including phenoxy) is 1. The highest BCUT2D eigenvalue weighted by molar-refractivity contribution is 5.70. The SMILES string of the molecule is CCc1ccc(CNc2ccccc2N2CCOCC2)o1. The number of rotatable bonds is 5. The molecule has 0 spiro atoms. The zero-order valence-corrected chi connectivity index (χ0v) is 12.5. The molecule has 1 aliphatic heterocycles. The van der Waals surface area contributed by atoms with Crippen molar-refractivity contribution < 1.29 is 9.15 Å². The van der Waals surface area contributed by atoms with Crippen LogP contribution >= 0.6 is 0 Å². The third-order valence-corrected chi connectivity index (χ3v) is 3.77. The van der Waals surface area contributed by atoms with Gasteiger partial charge in [-0.3, -0.25) is 0 Å². The molecule has 4 nitrogen and oxygen atoms in total. The minimum Gasteiger partial charge on any atom is -0.464 e. The van der Waals surface area contributed by atoms with E-state index in [9.17, 15) is 0 Å². The van der Waals surface area contributed by atoms with Crippen LogP contribution in [0.2, 0.25) is 0 Å². The maximum Gasteiger partial charge on any atom is 0.123 e. The van der Waals surface area contributed by atoms with Crippen molar-refractivity contribution in [2.24, 2.45) is 0 Å². The Hall–Kier alpha value is -1.94. The summed E-state index contributed by atoms with van der Waals surface area (Å²) >= 11 is 0. The van der Waals surface area contributed by atoms with Gasteiger partial charge in [0.15, 0.2) is 0 Å². The van der Waals surface area contributed by atoms with Crippen LogP contribution in [-0.2, 0) is 17.7 Å². The van der Waals surface area contributed by atoms with Crippen LogP contribution in [0.3, 0.4) is 0 Å². The average Bonchev–Trinajstić information content (AvgIpc) is 3.02. The first-order valence-corrected chi connectivity index (χ1v) is 7.60. The fraction of sp³-hybridized carbons (Fsp3) is 0.412. The molecule has 0 saturated carbocycles. The largest absolute Gasteiger partial charge is 0.464 e. The predicted molar refractivity (Wildman–Crippen MR) is 84.9 cm³/mol. The number of hydrogen-bond donors (Lipinski definition) is 1. The van der Waals surface area contributed by atoms with Crippen molar-refractivity contribution in [1.29, 1.82) is 0 Å². The molecule has 0 aliphatic carbocycles. The Bertz CT molecular complexity index is 574. The summed E-state index contributed by atoms with van der Waals surface area (Å²) in [6.45, 7) is 6.29. The van der Waals surface area contributed by atoms with E-state index in [1.54, 1.807) is 0 Å². The van der Waals surface area contributed by atoms with Crippen LogP contribution < -0.4 is 10.2 Å². The molecule has 1 aromatic heterocycles. The van der Waals surface area contributed by atoms with Crippen LogP contribution in [0, 0.1) is 0 Å². The number of benzene rings is 1. The van der Waals surface area contributed by atoms with E-state index in [2.05, 4.69) is 41.4 Å². The maximum absolute atomic E-state index is 5.74. The fourth-order valence-electron chi connectivity index (χ4n) is 2.59. The molecule has 4 heteroatoms. The van der Waals surface area contributed by atoms with Crippen molar-refractivity contribution in [3.05, 3.63) is 47.9 Å². The Morgan fingerprint density at radius 2 is 1.81 bits per heavy atom. The highest BCUT2D eigenvalue weighted by Crippen LogP contribution is 2.27. The highest BCUT2D eigenvalue weighted by atomic mass is 16.5. The van der Waals surface area contributed by atoms with Crippen molar-refractivity contribution in [1.82, 2.24) is 0 Å². The lowest BCUT2D eigenvalue weighted by atomic mass is 10.2. The molecule has 1 fully saturated rings. The molecule has 0 radical (unpaired) electrons. The molecule has 1 aromatic carbocycles. The normalized spacial score (nSPS) is 15.2. The Morgan fingerprint density at radius 3 is 2.57 bits per heavy atom. The van der Waals surface area contributed by atoms with E-state index in [-0.39, 0.29) is 0 Å². The van der Waals surface area contributed by atoms with Crippen LogP contribution in [0.1, 0.15) is 18.4 Å². The molecule has 21 heavy (non-hydrogen) atoms. The zero-order chi connectivity index (χ0) is 14.5. The Labute approximate surface area is 125 Å². The van der Waals surface area contributed by atoms with Gasteiger partial charge in [0.1, 0.15) is 11.5 Å². The van der Waals surface area contributed by atoms with Gasteiger partial charge >= 0.3 is 0 Å². The van der Waals surface area contributed by atoms with Crippen molar-refractivity contribution in [3.8, 4) is 0 Å². The van der Waals surface area contributed by atoms with Gasteiger partial charge < -0.3 is 19.4 Å². The summed E-state index contributed by atoms with van der Waals surface area (Å²) in [6, 6.07) is 12.5. The van der Waals surface area contributed by atoms with Crippen LogP contribution in [0.15, 0.2) is 40.8 Å². The van der Waals surface area contributed by atoms with Gasteiger partial charge in [-0.2, -0.15) is 0 Å². The van der Waals surface area contributed by atoms with Gasteiger partial charge in [0.25, 0.3) is 0 Å². The Kier molecular flexibility index (Phi) is 4.46. The van der Waals surface area contributed by atoms with Crippen LogP contribution in [0.4, 0.5) is 11.4 Å². The predicted octanol–water partition coefficient (Wildman–Crippen LogP) is 3.29. The lowest BCUT2D eigenvalue weighted by Gasteiger charge is -2.30. The van der Waals surface area contributed by atoms with Gasteiger partial charge in [-0.15, -0.1) is 0 Å². The topological polar surface area (TPSA) is 37.6 Å². The third kappa shape index (κ3) is 3.39. The molecule has 112 valence electrons. The summed E-state index contributed by atoms with van der Waals surface area (Å²) in [5.74, 6) is 2.01. The maximum atomic E-state index is 5.74. The number of morpholine rings is 1. The molecule has 0 unspecified atom stereocenters. The molecular weight excluding hydrogens is 264 g/mol. The standard InChI is InChI=1S/C17H22N2O2/c1-2-14-7-8-15(21-14)13-18-16-5-3-4-6-17(16)19-9-11-20-12-10-19/h3-8,18H,2,9-13H2,1H3. The minimum atomic E-state index is 0.710. The second-order valence-electron chi connectivity index (χ2n) is 5.19. The summed E-state index contributed by atoms with van der Waals surface area (Å²) in [5.41, 5.74) is 2.39. The van der Waals surface area contributed by atoms with Gasteiger partial charge in [0.05, 0.1) is 31.1 Å². The molecule has 1 N–H and O–H groups in total. The second kappa shape index (κ2) is 6.68. The fourth-order valence-corrected chi connectivity index (χ4v) is 2.59. The highest BCUT2D eigenvalue weighted by Gasteiger charge is 2.14. The number of aryl methyl sites for hydroxylation is 1. The summed E-state index contributed by atoms with van der Waals surface area (Å²) in [5, 5.41) is 3.49. The monoisotopic (exact) mass is 286 g/mol. The van der Waals surface area contributed by atoms with Gasteiger partial charge in [0, 0.05) is 19.5 Å². The summed E-state index contributed by atoms with van der Waals surface area (Å²) < 4.78 is 11.2. The Balaban J connectivity index is 1.69. The first-order chi connectivity index (χ1) is 10.4. The summed E-state index contributed by atoms with van der Waals surface area (Å²) in [6.07, 6.45) is 0.935. The van der Waals surface area contributed by atoms with Gasteiger partial charge in [0.2, 0.25) is 0 Å². The molecule has 3 rings (SSSR count). The van der Waals surface area contributed by atoms with Crippen LogP contribution in [-0.4, -0.2) is 26.3 Å². The van der Waals surface area contributed by atoms with E-state index in [0.717, 1.165) is 49.9 Å². The number of nitrogens with zero attached hydrogens (tertiary/aromatic N) is 1. The molecule has 1 saturated heterocycles. The van der Waals surface area contributed by atoms with Crippen molar-refractivity contribution in [2.45, 2.75) is 19.9 Å². The number of furan rings is 1. The first-order valence-electron chi connectivity index (χ1n) is 7.60. The van der Waals surface area contributed by atoms with Gasteiger partial charge in [-0.25, -0.2) is 0 Å². The third-order valence-electron chi connectivity index (χ3n) is 3.77. The zero-order valence-electron chi connectivity index (χ0n) is 12.5. The summed E-state index contributed by atoms with van der Waals surface area (Å²) in [7, 11) is 0. The molecule has 1 aliphatic rings. The average molecular weight is 286 g/mol. The van der Waals surface area contributed by atoms with E-state index >= 15 is 0 Å². The number of para-hydroxylation sites is 2. The van der Waals surface area contributed by atoms with Crippen molar-refractivity contribution >= 4 is 11.4 Å². The van der Waals surface area contributed by atoms with E-state index in [0.29, 0.717) is 6.54 Å².